The quantitative estimate of drug-likeness (QED) is 0.671. The van der Waals surface area contributed by atoms with Crippen LogP contribution in [-0.2, 0) is 4.74 Å². The van der Waals surface area contributed by atoms with Crippen molar-refractivity contribution in [3.63, 3.8) is 0 Å². The van der Waals surface area contributed by atoms with Gasteiger partial charge in [0, 0.05) is 31.0 Å². The molecule has 0 spiro atoms. The fourth-order valence-electron chi connectivity index (χ4n) is 1.84. The van der Waals surface area contributed by atoms with Gasteiger partial charge in [0.25, 0.3) is 0 Å². The van der Waals surface area contributed by atoms with Crippen LogP contribution in [-0.4, -0.2) is 34.9 Å². The average Bonchev–Trinajstić information content (AvgIpc) is 2.78. The molecular weight excluding hydrogens is 194 g/mol. The molecule has 1 fully saturated rings. The van der Waals surface area contributed by atoms with Crippen molar-refractivity contribution in [3.05, 3.63) is 17.7 Å². The first-order chi connectivity index (χ1) is 7.31. The Hall–Kier alpha value is -0.910. The zero-order chi connectivity index (χ0) is 10.7. The predicted molar refractivity (Wildman–Crippen MR) is 55.4 cm³/mol. The van der Waals surface area contributed by atoms with Gasteiger partial charge >= 0.3 is 0 Å². The van der Waals surface area contributed by atoms with Crippen molar-refractivity contribution in [2.45, 2.75) is 24.8 Å². The van der Waals surface area contributed by atoms with Crippen LogP contribution >= 0.6 is 0 Å². The molecule has 1 aromatic rings. The van der Waals surface area contributed by atoms with Gasteiger partial charge in [-0.25, -0.2) is 4.98 Å². The molecule has 1 unspecified atom stereocenters. The Morgan fingerprint density at radius 3 is 3.00 bits per heavy atom. The van der Waals surface area contributed by atoms with Crippen molar-refractivity contribution in [1.82, 2.24) is 9.97 Å². The van der Waals surface area contributed by atoms with Gasteiger partial charge in [0.1, 0.15) is 5.82 Å². The molecule has 1 aromatic heterocycles. The fraction of sp³-hybridized carbons (Fsp3) is 0.700. The molecular formula is C10H17N3O2. The summed E-state index contributed by atoms with van der Waals surface area (Å²) in [7, 11) is 0. The van der Waals surface area contributed by atoms with Crippen molar-refractivity contribution < 1.29 is 9.84 Å². The largest absolute Gasteiger partial charge is 0.394 e. The SMILES string of the molecule is NC(CO)c1ncc(C2CCOCC2)[nH]1. The number of nitrogens with two attached hydrogens (primary N) is 1. The van der Waals surface area contributed by atoms with E-state index in [4.69, 9.17) is 15.6 Å². The van der Waals surface area contributed by atoms with E-state index in [0.717, 1.165) is 31.7 Å². The number of rotatable bonds is 3. The van der Waals surface area contributed by atoms with Crippen molar-refractivity contribution in [3.8, 4) is 0 Å². The second kappa shape index (κ2) is 4.74. The molecule has 0 amide bonds. The van der Waals surface area contributed by atoms with E-state index < -0.39 is 6.04 Å². The molecule has 84 valence electrons. The van der Waals surface area contributed by atoms with Crippen LogP contribution in [0.4, 0.5) is 0 Å². The monoisotopic (exact) mass is 211 g/mol. The maximum Gasteiger partial charge on any atom is 0.125 e. The highest BCUT2D eigenvalue weighted by atomic mass is 16.5. The molecule has 1 atom stereocenters. The molecule has 4 N–H and O–H groups in total. The zero-order valence-electron chi connectivity index (χ0n) is 8.65. The molecule has 15 heavy (non-hydrogen) atoms. The van der Waals surface area contributed by atoms with Crippen molar-refractivity contribution >= 4 is 0 Å². The summed E-state index contributed by atoms with van der Waals surface area (Å²) in [5.41, 5.74) is 6.78. The summed E-state index contributed by atoms with van der Waals surface area (Å²) in [6.07, 6.45) is 3.87. The van der Waals surface area contributed by atoms with Gasteiger partial charge in [0.2, 0.25) is 0 Å². The van der Waals surface area contributed by atoms with Gasteiger partial charge in [-0.3, -0.25) is 0 Å². The molecule has 2 heterocycles. The molecule has 1 saturated heterocycles. The molecule has 5 heteroatoms. The molecule has 1 aliphatic heterocycles. The topological polar surface area (TPSA) is 84.2 Å². The van der Waals surface area contributed by atoms with Crippen LogP contribution < -0.4 is 5.73 Å². The molecule has 0 bridgehead atoms. The van der Waals surface area contributed by atoms with E-state index in [9.17, 15) is 0 Å². The summed E-state index contributed by atoms with van der Waals surface area (Å²) in [5.74, 6) is 1.16. The number of aromatic amines is 1. The summed E-state index contributed by atoms with van der Waals surface area (Å²) in [5, 5.41) is 8.90. The summed E-state index contributed by atoms with van der Waals surface area (Å²) >= 11 is 0. The second-order valence-corrected chi connectivity index (χ2v) is 3.90. The first kappa shape index (κ1) is 10.6. The molecule has 5 nitrogen and oxygen atoms in total. The Kier molecular flexibility index (Phi) is 3.35. The van der Waals surface area contributed by atoms with Crippen LogP contribution in [0.1, 0.15) is 36.3 Å². The van der Waals surface area contributed by atoms with Gasteiger partial charge in [0.05, 0.1) is 12.6 Å². The molecule has 0 radical (unpaired) electrons. The number of nitrogens with one attached hydrogen (secondary N) is 1. The summed E-state index contributed by atoms with van der Waals surface area (Å²) < 4.78 is 5.30. The Balaban J connectivity index is 2.05. The van der Waals surface area contributed by atoms with E-state index >= 15 is 0 Å². The molecule has 2 rings (SSSR count). The van der Waals surface area contributed by atoms with E-state index in [1.165, 1.54) is 0 Å². The van der Waals surface area contributed by atoms with Gasteiger partial charge < -0.3 is 20.6 Å². The molecule has 0 aliphatic carbocycles. The number of aliphatic hydroxyl groups is 1. The van der Waals surface area contributed by atoms with E-state index in [-0.39, 0.29) is 6.61 Å². The van der Waals surface area contributed by atoms with Crippen LogP contribution in [0.15, 0.2) is 6.20 Å². The summed E-state index contributed by atoms with van der Waals surface area (Å²) in [6.45, 7) is 1.54. The van der Waals surface area contributed by atoms with E-state index in [2.05, 4.69) is 9.97 Å². The number of imidazole rings is 1. The number of H-pyrrole nitrogens is 1. The third-order valence-corrected chi connectivity index (χ3v) is 2.82. The van der Waals surface area contributed by atoms with Crippen LogP contribution in [0.25, 0.3) is 0 Å². The van der Waals surface area contributed by atoms with E-state index in [1.54, 1.807) is 0 Å². The zero-order valence-corrected chi connectivity index (χ0v) is 8.65. The normalized spacial score (nSPS) is 20.4. The minimum absolute atomic E-state index is 0.0826. The lowest BCUT2D eigenvalue weighted by Crippen LogP contribution is -2.17. The second-order valence-electron chi connectivity index (χ2n) is 3.90. The highest BCUT2D eigenvalue weighted by Crippen LogP contribution is 2.25. The Bertz CT molecular complexity index is 307. The van der Waals surface area contributed by atoms with Gasteiger partial charge in [-0.05, 0) is 12.8 Å². The Morgan fingerprint density at radius 2 is 2.33 bits per heavy atom. The Morgan fingerprint density at radius 1 is 1.60 bits per heavy atom. The van der Waals surface area contributed by atoms with Crippen LogP contribution in [0.2, 0.25) is 0 Å². The van der Waals surface area contributed by atoms with Gasteiger partial charge in [-0.15, -0.1) is 0 Å². The molecule has 0 saturated carbocycles. The molecule has 0 aromatic carbocycles. The van der Waals surface area contributed by atoms with Crippen molar-refractivity contribution in [2.24, 2.45) is 5.73 Å². The van der Waals surface area contributed by atoms with Crippen LogP contribution in [0.5, 0.6) is 0 Å². The number of hydrogen-bond donors (Lipinski definition) is 3. The summed E-state index contributed by atoms with van der Waals surface area (Å²) in [6, 6.07) is -0.404. The number of aliphatic hydroxyl groups excluding tert-OH is 1. The maximum atomic E-state index is 8.90. The molecule has 1 aliphatic rings. The lowest BCUT2D eigenvalue weighted by molar-refractivity contribution is 0.0845. The smallest absolute Gasteiger partial charge is 0.125 e. The third kappa shape index (κ3) is 2.37. The van der Waals surface area contributed by atoms with Crippen LogP contribution in [0, 0.1) is 0 Å². The van der Waals surface area contributed by atoms with Gasteiger partial charge in [-0.1, -0.05) is 0 Å². The van der Waals surface area contributed by atoms with Crippen molar-refractivity contribution in [1.29, 1.82) is 0 Å². The van der Waals surface area contributed by atoms with Crippen LogP contribution in [0.3, 0.4) is 0 Å². The lowest BCUT2D eigenvalue weighted by atomic mass is 9.97. The lowest BCUT2D eigenvalue weighted by Gasteiger charge is -2.20. The minimum atomic E-state index is -0.404. The first-order valence-corrected chi connectivity index (χ1v) is 5.30. The van der Waals surface area contributed by atoms with Crippen molar-refractivity contribution in [2.75, 3.05) is 19.8 Å². The van der Waals surface area contributed by atoms with Gasteiger partial charge in [-0.2, -0.15) is 0 Å². The number of ether oxygens (including phenoxy) is 1. The standard InChI is InChI=1S/C10H17N3O2/c11-8(6-14)10-12-5-9(13-10)7-1-3-15-4-2-7/h5,7-8,14H,1-4,6,11H2,(H,12,13). The first-order valence-electron chi connectivity index (χ1n) is 5.30. The average molecular weight is 211 g/mol. The summed E-state index contributed by atoms with van der Waals surface area (Å²) in [4.78, 5) is 7.36. The highest BCUT2D eigenvalue weighted by Gasteiger charge is 2.19. The predicted octanol–water partition coefficient (Wildman–Crippen LogP) is 0.296. The van der Waals surface area contributed by atoms with E-state index in [0.29, 0.717) is 11.7 Å². The fourth-order valence-corrected chi connectivity index (χ4v) is 1.84. The number of hydrogen-bond acceptors (Lipinski definition) is 4. The minimum Gasteiger partial charge on any atom is -0.394 e. The number of aromatic nitrogens is 2. The third-order valence-electron chi connectivity index (χ3n) is 2.82. The van der Waals surface area contributed by atoms with E-state index in [1.807, 2.05) is 6.20 Å². The Labute approximate surface area is 88.7 Å². The number of nitrogens with zero attached hydrogens (tertiary/aromatic N) is 1. The highest BCUT2D eigenvalue weighted by molar-refractivity contribution is 5.10. The van der Waals surface area contributed by atoms with Gasteiger partial charge in [0.15, 0.2) is 0 Å². The maximum absolute atomic E-state index is 8.90.